The third kappa shape index (κ3) is 4.14. The molecular formula is C17H26O7. The monoisotopic (exact) mass is 342 g/mol. The number of rotatable bonds is 5. The molecule has 1 saturated heterocycles. The minimum Gasteiger partial charge on any atom is -0.463 e. The molecule has 1 fully saturated rings. The smallest absolute Gasteiger partial charge is 0.333 e. The van der Waals surface area contributed by atoms with Crippen molar-refractivity contribution in [2.24, 2.45) is 0 Å². The molecule has 24 heavy (non-hydrogen) atoms. The first-order valence-electron chi connectivity index (χ1n) is 7.87. The Kier molecular flexibility index (Phi) is 6.16. The van der Waals surface area contributed by atoms with Crippen molar-refractivity contribution in [2.45, 2.75) is 71.9 Å². The Morgan fingerprint density at radius 2 is 1.71 bits per heavy atom. The third-order valence-corrected chi connectivity index (χ3v) is 4.03. The summed E-state index contributed by atoms with van der Waals surface area (Å²) in [5, 5.41) is 0. The van der Waals surface area contributed by atoms with Crippen LogP contribution in [-0.2, 0) is 33.3 Å². The molecule has 4 atom stereocenters. The zero-order chi connectivity index (χ0) is 18.7. The maximum atomic E-state index is 11.9. The van der Waals surface area contributed by atoms with E-state index in [4.69, 9.17) is 18.9 Å². The molecule has 0 aromatic heterocycles. The first kappa shape index (κ1) is 20.2. The van der Waals surface area contributed by atoms with Gasteiger partial charge in [-0.3, -0.25) is 9.59 Å². The summed E-state index contributed by atoms with van der Waals surface area (Å²) in [7, 11) is 0. The Morgan fingerprint density at radius 3 is 2.17 bits per heavy atom. The number of hydrogen-bond donors (Lipinski definition) is 0. The molecule has 0 spiro atoms. The van der Waals surface area contributed by atoms with Gasteiger partial charge in [-0.05, 0) is 40.7 Å². The fourth-order valence-corrected chi connectivity index (χ4v) is 3.03. The molecule has 1 rings (SSSR count). The van der Waals surface area contributed by atoms with Gasteiger partial charge in [0.15, 0.2) is 11.7 Å². The van der Waals surface area contributed by atoms with Crippen LogP contribution in [0.1, 0.15) is 48.5 Å². The zero-order valence-corrected chi connectivity index (χ0v) is 15.3. The Morgan fingerprint density at radius 1 is 1.12 bits per heavy atom. The van der Waals surface area contributed by atoms with E-state index in [9.17, 15) is 14.4 Å². The van der Waals surface area contributed by atoms with Gasteiger partial charge < -0.3 is 18.9 Å². The van der Waals surface area contributed by atoms with Crippen LogP contribution >= 0.6 is 0 Å². The van der Waals surface area contributed by atoms with Gasteiger partial charge in [0.25, 0.3) is 0 Å². The molecule has 1 aliphatic heterocycles. The summed E-state index contributed by atoms with van der Waals surface area (Å²) >= 11 is 0. The van der Waals surface area contributed by atoms with Crippen LogP contribution in [0.5, 0.6) is 0 Å². The summed E-state index contributed by atoms with van der Waals surface area (Å²) in [5.74, 6) is -1.54. The van der Waals surface area contributed by atoms with Gasteiger partial charge in [-0.15, -0.1) is 0 Å². The molecule has 0 N–H and O–H groups in total. The lowest BCUT2D eigenvalue weighted by atomic mass is 9.85. The van der Waals surface area contributed by atoms with Crippen LogP contribution < -0.4 is 0 Å². The number of carbonyl (C=O) groups is 3. The summed E-state index contributed by atoms with van der Waals surface area (Å²) in [4.78, 5) is 34.9. The molecule has 7 nitrogen and oxygen atoms in total. The van der Waals surface area contributed by atoms with Gasteiger partial charge in [0.2, 0.25) is 0 Å². The van der Waals surface area contributed by atoms with Crippen molar-refractivity contribution in [1.29, 1.82) is 0 Å². The van der Waals surface area contributed by atoms with Crippen molar-refractivity contribution < 1.29 is 33.3 Å². The van der Waals surface area contributed by atoms with E-state index in [1.807, 2.05) is 0 Å². The van der Waals surface area contributed by atoms with Crippen molar-refractivity contribution >= 4 is 17.9 Å². The van der Waals surface area contributed by atoms with E-state index < -0.39 is 41.3 Å². The highest BCUT2D eigenvalue weighted by atomic mass is 16.7. The summed E-state index contributed by atoms with van der Waals surface area (Å²) < 4.78 is 21.7. The first-order valence-corrected chi connectivity index (χ1v) is 7.87. The predicted octanol–water partition coefficient (Wildman–Crippen LogP) is 1.93. The van der Waals surface area contributed by atoms with Crippen molar-refractivity contribution in [3.63, 3.8) is 0 Å². The van der Waals surface area contributed by atoms with Crippen molar-refractivity contribution in [1.82, 2.24) is 0 Å². The van der Waals surface area contributed by atoms with Gasteiger partial charge in [0, 0.05) is 19.4 Å². The lowest BCUT2D eigenvalue weighted by Crippen LogP contribution is -2.52. The van der Waals surface area contributed by atoms with E-state index in [-0.39, 0.29) is 6.61 Å². The van der Waals surface area contributed by atoms with Crippen LogP contribution in [0.3, 0.4) is 0 Å². The molecule has 0 aliphatic carbocycles. The Labute approximate surface area is 142 Å². The summed E-state index contributed by atoms with van der Waals surface area (Å²) in [6.07, 6.45) is 0.0805. The fraction of sp³-hybridized carbons (Fsp3) is 0.706. The van der Waals surface area contributed by atoms with Crippen LogP contribution in [0, 0.1) is 0 Å². The molecule has 0 unspecified atom stereocenters. The van der Waals surface area contributed by atoms with E-state index >= 15 is 0 Å². The van der Waals surface area contributed by atoms with Gasteiger partial charge in [-0.25, -0.2) is 4.79 Å². The van der Waals surface area contributed by atoms with Gasteiger partial charge in [0.1, 0.15) is 5.60 Å². The molecule has 0 bridgehead atoms. The number of esters is 3. The van der Waals surface area contributed by atoms with E-state index in [1.54, 1.807) is 40.7 Å². The topological polar surface area (TPSA) is 88.1 Å². The van der Waals surface area contributed by atoms with Crippen LogP contribution in [0.25, 0.3) is 0 Å². The van der Waals surface area contributed by atoms with Crippen LogP contribution in [-0.4, -0.2) is 47.9 Å². The Bertz CT molecular complexity index is 553. The highest BCUT2D eigenvalue weighted by Gasteiger charge is 2.61. The molecule has 0 saturated carbocycles. The lowest BCUT2D eigenvalue weighted by Gasteiger charge is -2.35. The molecule has 7 heteroatoms. The normalized spacial score (nSPS) is 33.0. The molecule has 136 valence electrons. The highest BCUT2D eigenvalue weighted by Crippen LogP contribution is 2.44. The minimum atomic E-state index is -1.18. The number of carbonyl (C=O) groups excluding carboxylic acids is 3. The second kappa shape index (κ2) is 7.34. The van der Waals surface area contributed by atoms with E-state index in [0.29, 0.717) is 5.57 Å². The van der Waals surface area contributed by atoms with Crippen molar-refractivity contribution in [2.75, 3.05) is 6.61 Å². The Balaban J connectivity index is 3.29. The quantitative estimate of drug-likeness (QED) is 0.428. The molecule has 0 amide bonds. The molecule has 0 radical (unpaired) electrons. The highest BCUT2D eigenvalue weighted by molar-refractivity contribution is 5.88. The average molecular weight is 342 g/mol. The van der Waals surface area contributed by atoms with Gasteiger partial charge in [0.05, 0.1) is 12.7 Å². The second-order valence-corrected chi connectivity index (χ2v) is 6.26. The molecule has 0 aromatic carbocycles. The summed E-state index contributed by atoms with van der Waals surface area (Å²) in [6.45, 7) is 11.1. The average Bonchev–Trinajstić information content (AvgIpc) is 2.59. The van der Waals surface area contributed by atoms with Crippen LogP contribution in [0.4, 0.5) is 0 Å². The second-order valence-electron chi connectivity index (χ2n) is 6.26. The van der Waals surface area contributed by atoms with E-state index in [1.165, 1.54) is 13.8 Å². The van der Waals surface area contributed by atoms with Crippen LogP contribution in [0.2, 0.25) is 0 Å². The van der Waals surface area contributed by atoms with Gasteiger partial charge >= 0.3 is 17.9 Å². The number of ether oxygens (including phenoxy) is 4. The van der Waals surface area contributed by atoms with Gasteiger partial charge in [-0.2, -0.15) is 0 Å². The SMILES string of the molecule is CCOC(=O)C(C)=C[C@@]1(C)O[C@@H](C)[C@@](C)(OC(C)=O)[C@@H]1OC(C)=O. The van der Waals surface area contributed by atoms with Crippen molar-refractivity contribution in [3.05, 3.63) is 11.6 Å². The molecule has 1 heterocycles. The molecule has 1 aliphatic rings. The predicted molar refractivity (Wildman–Crippen MR) is 85.1 cm³/mol. The maximum absolute atomic E-state index is 11.9. The summed E-state index contributed by atoms with van der Waals surface area (Å²) in [6, 6.07) is 0. The zero-order valence-electron chi connectivity index (χ0n) is 15.3. The maximum Gasteiger partial charge on any atom is 0.333 e. The molecular weight excluding hydrogens is 316 g/mol. The van der Waals surface area contributed by atoms with Crippen molar-refractivity contribution in [3.8, 4) is 0 Å². The first-order chi connectivity index (χ1) is 11.0. The van der Waals surface area contributed by atoms with Gasteiger partial charge in [-0.1, -0.05) is 0 Å². The lowest BCUT2D eigenvalue weighted by molar-refractivity contribution is -0.180. The standard InChI is InChI=1S/C17H26O7/c1-8-21-14(20)10(2)9-16(6)15(22-12(4)18)17(7,11(3)23-16)24-13(5)19/h9,11,15H,8H2,1-7H3/t11-,15+,16+,17+/m0/s1. The van der Waals surface area contributed by atoms with Crippen LogP contribution in [0.15, 0.2) is 11.6 Å². The summed E-state index contributed by atoms with van der Waals surface area (Å²) in [5.41, 5.74) is -2.01. The minimum absolute atomic E-state index is 0.247. The number of hydrogen-bond acceptors (Lipinski definition) is 7. The fourth-order valence-electron chi connectivity index (χ4n) is 3.03. The van der Waals surface area contributed by atoms with E-state index in [0.717, 1.165) is 0 Å². The largest absolute Gasteiger partial charge is 0.463 e. The Hall–Kier alpha value is -1.89. The third-order valence-electron chi connectivity index (χ3n) is 4.03. The molecule has 0 aromatic rings. The van der Waals surface area contributed by atoms with E-state index in [2.05, 4.69) is 0 Å².